The minimum atomic E-state index is -0.413. The van der Waals surface area contributed by atoms with Crippen LogP contribution in [0.25, 0.3) is 10.2 Å². The van der Waals surface area contributed by atoms with Gasteiger partial charge in [0.15, 0.2) is 0 Å². The molecule has 0 radical (unpaired) electrons. The second-order valence-corrected chi connectivity index (χ2v) is 7.53. The van der Waals surface area contributed by atoms with Crippen molar-refractivity contribution in [1.29, 1.82) is 0 Å². The van der Waals surface area contributed by atoms with Crippen molar-refractivity contribution in [3.05, 3.63) is 31.3 Å². The maximum absolute atomic E-state index is 11.9. The van der Waals surface area contributed by atoms with Crippen LogP contribution in [0.1, 0.15) is 37.6 Å². The van der Waals surface area contributed by atoms with Crippen LogP contribution >= 0.6 is 11.3 Å². The molecule has 2 N–H and O–H groups in total. The van der Waals surface area contributed by atoms with Crippen LogP contribution in [0, 0.1) is 11.3 Å². The lowest BCUT2D eigenvalue weighted by atomic mass is 9.72. The summed E-state index contributed by atoms with van der Waals surface area (Å²) in [6.45, 7) is 6.81. The molecule has 0 unspecified atom stereocenters. The van der Waals surface area contributed by atoms with Crippen molar-refractivity contribution in [3.63, 3.8) is 0 Å². The van der Waals surface area contributed by atoms with E-state index in [1.54, 1.807) is 11.3 Å². The number of nitrogens with one attached hydrogen (secondary N) is 2. The summed E-state index contributed by atoms with van der Waals surface area (Å²) in [4.78, 5) is 30.4. The van der Waals surface area contributed by atoms with Gasteiger partial charge in [0.1, 0.15) is 4.83 Å². The van der Waals surface area contributed by atoms with Gasteiger partial charge in [0, 0.05) is 4.88 Å². The fraction of sp³-hybridized carbons (Fsp3) is 0.571. The van der Waals surface area contributed by atoms with Crippen molar-refractivity contribution in [2.75, 3.05) is 0 Å². The van der Waals surface area contributed by atoms with Crippen molar-refractivity contribution < 1.29 is 0 Å². The summed E-state index contributed by atoms with van der Waals surface area (Å²) in [5.74, 6) is 0.638. The highest BCUT2D eigenvalue weighted by Crippen LogP contribution is 2.41. The van der Waals surface area contributed by atoms with Gasteiger partial charge < -0.3 is 0 Å². The Labute approximate surface area is 114 Å². The fourth-order valence-electron chi connectivity index (χ4n) is 2.95. The molecule has 1 aliphatic rings. The third kappa shape index (κ3) is 2.06. The van der Waals surface area contributed by atoms with Crippen molar-refractivity contribution in [3.8, 4) is 0 Å². The van der Waals surface area contributed by atoms with E-state index in [1.165, 1.54) is 4.88 Å². The van der Waals surface area contributed by atoms with E-state index in [0.29, 0.717) is 11.3 Å². The molecule has 1 atom stereocenters. The van der Waals surface area contributed by atoms with Crippen molar-refractivity contribution >= 4 is 21.6 Å². The number of hydrogen-bond acceptors (Lipinski definition) is 3. The zero-order chi connectivity index (χ0) is 13.8. The Morgan fingerprint density at radius 3 is 2.63 bits per heavy atom. The maximum atomic E-state index is 11.9. The van der Waals surface area contributed by atoms with Crippen LogP contribution in [-0.2, 0) is 12.8 Å². The minimum absolute atomic E-state index is 0.245. The van der Waals surface area contributed by atoms with Gasteiger partial charge in [-0.2, -0.15) is 0 Å². The first-order valence-corrected chi connectivity index (χ1v) is 7.45. The zero-order valence-electron chi connectivity index (χ0n) is 11.4. The third-order valence-corrected chi connectivity index (χ3v) is 5.34. The van der Waals surface area contributed by atoms with Gasteiger partial charge in [0.2, 0.25) is 0 Å². The molecule has 19 heavy (non-hydrogen) atoms. The number of H-pyrrole nitrogens is 2. The van der Waals surface area contributed by atoms with Crippen LogP contribution in [0.3, 0.4) is 0 Å². The molecule has 4 nitrogen and oxygen atoms in total. The number of aromatic nitrogens is 2. The van der Waals surface area contributed by atoms with Gasteiger partial charge >= 0.3 is 5.69 Å². The molecule has 1 aliphatic carbocycles. The van der Waals surface area contributed by atoms with Gasteiger partial charge in [-0.1, -0.05) is 20.8 Å². The molecule has 5 heteroatoms. The fourth-order valence-corrected chi connectivity index (χ4v) is 4.27. The lowest BCUT2D eigenvalue weighted by Crippen LogP contribution is -2.27. The predicted octanol–water partition coefficient (Wildman–Crippen LogP) is 2.43. The van der Waals surface area contributed by atoms with E-state index < -0.39 is 5.69 Å². The normalized spacial score (nSPS) is 19.6. The average Bonchev–Trinajstić information content (AvgIpc) is 2.64. The van der Waals surface area contributed by atoms with Crippen LogP contribution in [0.2, 0.25) is 0 Å². The van der Waals surface area contributed by atoms with Gasteiger partial charge in [0.25, 0.3) is 5.56 Å². The Kier molecular flexibility index (Phi) is 2.71. The zero-order valence-corrected chi connectivity index (χ0v) is 12.2. The van der Waals surface area contributed by atoms with Gasteiger partial charge in [-0.3, -0.25) is 14.8 Å². The number of aromatic amines is 2. The lowest BCUT2D eigenvalue weighted by Gasteiger charge is -2.33. The Morgan fingerprint density at radius 1 is 1.21 bits per heavy atom. The van der Waals surface area contributed by atoms with Crippen molar-refractivity contribution in [1.82, 2.24) is 9.97 Å². The Balaban J connectivity index is 2.16. The molecule has 0 bridgehead atoms. The number of aryl methyl sites for hydroxylation is 1. The van der Waals surface area contributed by atoms with Gasteiger partial charge in [-0.05, 0) is 36.2 Å². The number of fused-ring (bicyclic) bond motifs is 3. The molecule has 2 aromatic rings. The molecule has 0 fully saturated rings. The summed E-state index contributed by atoms with van der Waals surface area (Å²) < 4.78 is 0. The molecular formula is C14H18N2O2S. The molecular weight excluding hydrogens is 260 g/mol. The highest BCUT2D eigenvalue weighted by molar-refractivity contribution is 7.18. The lowest BCUT2D eigenvalue weighted by molar-refractivity contribution is 0.218. The van der Waals surface area contributed by atoms with Crippen molar-refractivity contribution in [2.24, 2.45) is 11.3 Å². The quantitative estimate of drug-likeness (QED) is 0.777. The maximum Gasteiger partial charge on any atom is 0.326 e. The first-order chi connectivity index (χ1) is 8.86. The molecule has 102 valence electrons. The summed E-state index contributed by atoms with van der Waals surface area (Å²) in [5, 5.41) is 0.701. The number of hydrogen-bond donors (Lipinski definition) is 2. The predicted molar refractivity (Wildman–Crippen MR) is 78.0 cm³/mol. The molecule has 0 amide bonds. The minimum Gasteiger partial charge on any atom is -0.298 e. The molecule has 0 aromatic carbocycles. The van der Waals surface area contributed by atoms with Crippen LogP contribution in [0.5, 0.6) is 0 Å². The Hall–Kier alpha value is -1.36. The van der Waals surface area contributed by atoms with E-state index in [2.05, 4.69) is 30.7 Å². The molecule has 2 aromatic heterocycles. The number of thiophene rings is 1. The second kappa shape index (κ2) is 4.07. The van der Waals surface area contributed by atoms with Gasteiger partial charge in [0.05, 0.1) is 5.39 Å². The van der Waals surface area contributed by atoms with E-state index >= 15 is 0 Å². The van der Waals surface area contributed by atoms with Crippen LogP contribution in [-0.4, -0.2) is 9.97 Å². The van der Waals surface area contributed by atoms with Crippen LogP contribution in [0.4, 0.5) is 0 Å². The summed E-state index contributed by atoms with van der Waals surface area (Å²) >= 11 is 1.57. The van der Waals surface area contributed by atoms with Crippen molar-refractivity contribution in [2.45, 2.75) is 40.0 Å². The average molecular weight is 278 g/mol. The summed E-state index contributed by atoms with van der Waals surface area (Å²) in [7, 11) is 0. The smallest absolute Gasteiger partial charge is 0.298 e. The summed E-state index contributed by atoms with van der Waals surface area (Å²) in [6, 6.07) is 0. The molecule has 0 saturated heterocycles. The Bertz CT molecular complexity index is 745. The van der Waals surface area contributed by atoms with Gasteiger partial charge in [-0.25, -0.2) is 4.79 Å². The second-order valence-electron chi connectivity index (χ2n) is 6.42. The SMILES string of the molecule is CC(C)(C)[C@H]1CCc2c(sc3[nH]c(=O)[nH]c(=O)c23)C1. The van der Waals surface area contributed by atoms with Gasteiger partial charge in [-0.15, -0.1) is 11.3 Å². The summed E-state index contributed by atoms with van der Waals surface area (Å²) in [5.41, 5.74) is 0.778. The molecule has 3 rings (SSSR count). The Morgan fingerprint density at radius 2 is 1.95 bits per heavy atom. The highest BCUT2D eigenvalue weighted by Gasteiger charge is 2.31. The molecule has 0 spiro atoms. The number of rotatable bonds is 0. The largest absolute Gasteiger partial charge is 0.326 e. The van der Waals surface area contributed by atoms with E-state index in [9.17, 15) is 9.59 Å². The third-order valence-electron chi connectivity index (χ3n) is 4.17. The molecule has 0 aliphatic heterocycles. The first kappa shape index (κ1) is 12.7. The monoisotopic (exact) mass is 278 g/mol. The van der Waals surface area contributed by atoms with E-state index in [1.807, 2.05) is 0 Å². The van der Waals surface area contributed by atoms with Crippen LogP contribution < -0.4 is 11.2 Å². The standard InChI is InChI=1S/C14H18N2O2S/c1-14(2,3)7-4-5-8-9(6-7)19-12-10(8)11(17)15-13(18)16-12/h7H,4-6H2,1-3H3,(H2,15,16,17,18)/t7-/m0/s1. The van der Waals surface area contributed by atoms with E-state index in [0.717, 1.165) is 29.7 Å². The molecule has 2 heterocycles. The van der Waals surface area contributed by atoms with Crippen LogP contribution in [0.15, 0.2) is 9.59 Å². The van der Waals surface area contributed by atoms with E-state index in [-0.39, 0.29) is 11.0 Å². The molecule has 0 saturated carbocycles. The topological polar surface area (TPSA) is 65.7 Å². The van der Waals surface area contributed by atoms with E-state index in [4.69, 9.17) is 0 Å². The summed E-state index contributed by atoms with van der Waals surface area (Å²) in [6.07, 6.45) is 3.06. The highest BCUT2D eigenvalue weighted by atomic mass is 32.1. The first-order valence-electron chi connectivity index (χ1n) is 6.63.